The Kier molecular flexibility index (Phi) is 16.4. The van der Waals surface area contributed by atoms with Crippen LogP contribution in [0.1, 0.15) is 13.8 Å². The molecule has 24 heteroatoms. The quantitative estimate of drug-likeness (QED) is 0.0684. The van der Waals surface area contributed by atoms with Gasteiger partial charge in [-0.25, -0.2) is 0 Å². The number of hydrogen-bond donors (Lipinski definition) is 15. The first kappa shape index (κ1) is 45.5. The highest BCUT2D eigenvalue weighted by atomic mass is 16.8. The maximum Gasteiger partial charge on any atom is 0.187 e. The Balaban J connectivity index is 1.76. The van der Waals surface area contributed by atoms with Crippen molar-refractivity contribution in [3.05, 3.63) is 0 Å². The molecule has 0 amide bonds. The van der Waals surface area contributed by atoms with Crippen molar-refractivity contribution in [1.82, 2.24) is 0 Å². The first-order chi connectivity index (χ1) is 25.4. The van der Waals surface area contributed by atoms with Gasteiger partial charge in [0, 0.05) is 0 Å². The summed E-state index contributed by atoms with van der Waals surface area (Å²) in [5.41, 5.74) is 0. The molecule has 0 bridgehead atoms. The van der Waals surface area contributed by atoms with E-state index in [2.05, 4.69) is 0 Å². The van der Waals surface area contributed by atoms with E-state index in [1.54, 1.807) is 0 Å². The third-order valence-electron chi connectivity index (χ3n) is 9.79. The van der Waals surface area contributed by atoms with Crippen LogP contribution in [-0.4, -0.2) is 250 Å². The second-order valence-electron chi connectivity index (χ2n) is 13.6. The summed E-state index contributed by atoms with van der Waals surface area (Å²) in [5.74, 6) is 0. The molecule has 24 nitrogen and oxygen atoms in total. The molecule has 0 spiro atoms. The van der Waals surface area contributed by atoms with Gasteiger partial charge in [0.2, 0.25) is 0 Å². The molecule has 0 aromatic rings. The minimum Gasteiger partial charge on any atom is -0.394 e. The van der Waals surface area contributed by atoms with Gasteiger partial charge in [0.05, 0.1) is 32.0 Å². The summed E-state index contributed by atoms with van der Waals surface area (Å²) < 4.78 is 45.2. The monoisotopic (exact) mass is 796 g/mol. The van der Waals surface area contributed by atoms with E-state index < -0.39 is 167 Å². The molecule has 4 saturated heterocycles. The smallest absolute Gasteiger partial charge is 0.187 e. The molecule has 4 rings (SSSR count). The van der Waals surface area contributed by atoms with Crippen LogP contribution >= 0.6 is 0 Å². The van der Waals surface area contributed by atoms with Gasteiger partial charge in [-0.3, -0.25) is 0 Å². The Hall–Kier alpha value is -1.25. The van der Waals surface area contributed by atoms with E-state index in [4.69, 9.17) is 37.9 Å². The lowest BCUT2D eigenvalue weighted by atomic mass is 9.95. The Morgan fingerprint density at radius 2 is 0.944 bits per heavy atom. The van der Waals surface area contributed by atoms with Crippen LogP contribution in [0.3, 0.4) is 0 Å². The van der Waals surface area contributed by atoms with Gasteiger partial charge >= 0.3 is 0 Å². The van der Waals surface area contributed by atoms with E-state index in [0.29, 0.717) is 0 Å². The molecule has 4 aliphatic heterocycles. The molecular formula is C30H52O24. The van der Waals surface area contributed by atoms with Gasteiger partial charge in [0.15, 0.2) is 31.4 Å². The van der Waals surface area contributed by atoms with E-state index in [0.717, 1.165) is 0 Å². The van der Waals surface area contributed by atoms with Crippen molar-refractivity contribution >= 4 is 6.29 Å². The number of aliphatic hydroxyl groups is 15. The largest absolute Gasteiger partial charge is 0.394 e. The third-order valence-corrected chi connectivity index (χ3v) is 9.79. The SMILES string of the molecule is C[C@@H]1O[C@@H](O[C@H]2[C@H](O[C@@H]([C@H](O[C@@H]3O[C@@H](C)[C@@H](O)[C@@H](O)[C@@H]3O)[C@@H](O)C=O)[C@H](O)CO)O[C@H](CO)[C@H](O)[C@@H]2O[C@H]2O[C@H](CO)[C@H](O)[C@H](O)[C@H]2O)[C@@H](O)[C@H](O)[C@@H]1O. The predicted octanol–water partition coefficient (Wildman–Crippen LogP) is -10.0. The molecule has 316 valence electrons. The molecule has 15 N–H and O–H groups in total. The Morgan fingerprint density at radius 1 is 0.519 bits per heavy atom. The highest BCUT2D eigenvalue weighted by Gasteiger charge is 2.56. The average molecular weight is 797 g/mol. The van der Waals surface area contributed by atoms with Gasteiger partial charge in [0.1, 0.15) is 110 Å². The lowest BCUT2D eigenvalue weighted by Crippen LogP contribution is -2.68. The number of ether oxygens (including phenoxy) is 8. The lowest BCUT2D eigenvalue weighted by Gasteiger charge is -2.50. The van der Waals surface area contributed by atoms with Gasteiger partial charge < -0.3 is 119 Å². The van der Waals surface area contributed by atoms with Crippen LogP contribution in [0.25, 0.3) is 0 Å². The number of aliphatic hydroxyl groups excluding tert-OH is 15. The number of hydrogen-bond acceptors (Lipinski definition) is 24. The van der Waals surface area contributed by atoms with Crippen molar-refractivity contribution in [2.45, 2.75) is 161 Å². The second kappa shape index (κ2) is 19.5. The fourth-order valence-electron chi connectivity index (χ4n) is 6.42. The zero-order valence-electron chi connectivity index (χ0n) is 28.9. The summed E-state index contributed by atoms with van der Waals surface area (Å²) in [6.07, 6.45) is -45.6. The van der Waals surface area contributed by atoms with Crippen molar-refractivity contribution in [3.8, 4) is 0 Å². The van der Waals surface area contributed by atoms with Gasteiger partial charge in [-0.1, -0.05) is 0 Å². The highest BCUT2D eigenvalue weighted by Crippen LogP contribution is 2.35. The van der Waals surface area contributed by atoms with Crippen LogP contribution in [0.2, 0.25) is 0 Å². The topological polar surface area (TPSA) is 394 Å². The maximum atomic E-state index is 11.9. The molecule has 0 unspecified atom stereocenters. The summed E-state index contributed by atoms with van der Waals surface area (Å²) in [4.78, 5) is 11.9. The Labute approximate surface area is 306 Å². The van der Waals surface area contributed by atoms with Crippen LogP contribution < -0.4 is 0 Å². The molecule has 4 heterocycles. The van der Waals surface area contributed by atoms with Crippen molar-refractivity contribution in [2.24, 2.45) is 0 Å². The van der Waals surface area contributed by atoms with E-state index in [9.17, 15) is 81.4 Å². The molecule has 24 atom stereocenters. The Morgan fingerprint density at radius 3 is 1.46 bits per heavy atom. The first-order valence-electron chi connectivity index (χ1n) is 17.1. The summed E-state index contributed by atoms with van der Waals surface area (Å²) in [6.45, 7) is -0.555. The fourth-order valence-corrected chi connectivity index (χ4v) is 6.42. The van der Waals surface area contributed by atoms with Crippen molar-refractivity contribution < 1.29 is 119 Å². The zero-order valence-corrected chi connectivity index (χ0v) is 28.9. The van der Waals surface area contributed by atoms with E-state index >= 15 is 0 Å². The lowest BCUT2D eigenvalue weighted by molar-refractivity contribution is -0.400. The minimum absolute atomic E-state index is 0.101. The second-order valence-corrected chi connectivity index (χ2v) is 13.6. The van der Waals surface area contributed by atoms with Crippen LogP contribution in [-0.2, 0) is 42.7 Å². The van der Waals surface area contributed by atoms with Crippen molar-refractivity contribution in [3.63, 3.8) is 0 Å². The van der Waals surface area contributed by atoms with E-state index in [-0.39, 0.29) is 6.29 Å². The molecule has 54 heavy (non-hydrogen) atoms. The van der Waals surface area contributed by atoms with Crippen molar-refractivity contribution in [2.75, 3.05) is 19.8 Å². The minimum atomic E-state index is -2.28. The van der Waals surface area contributed by atoms with Crippen LogP contribution in [0.5, 0.6) is 0 Å². The van der Waals surface area contributed by atoms with Crippen molar-refractivity contribution in [1.29, 1.82) is 0 Å². The molecular weight excluding hydrogens is 744 g/mol. The molecule has 4 aliphatic rings. The van der Waals surface area contributed by atoms with Crippen LogP contribution in [0.15, 0.2) is 0 Å². The average Bonchev–Trinajstić information content (AvgIpc) is 3.16. The normalized spacial score (nSPS) is 48.5. The maximum absolute atomic E-state index is 11.9. The molecule has 0 aliphatic carbocycles. The fraction of sp³-hybridized carbons (Fsp3) is 0.967. The Bertz CT molecular complexity index is 1150. The van der Waals surface area contributed by atoms with Crippen LogP contribution in [0.4, 0.5) is 0 Å². The summed E-state index contributed by atoms with van der Waals surface area (Å²) in [5, 5.41) is 157. The number of carbonyl (C=O) groups is 1. The molecule has 0 radical (unpaired) electrons. The highest BCUT2D eigenvalue weighted by molar-refractivity contribution is 5.56. The van der Waals surface area contributed by atoms with Crippen LogP contribution in [0, 0.1) is 0 Å². The summed E-state index contributed by atoms with van der Waals surface area (Å²) in [6, 6.07) is 0. The molecule has 0 aromatic carbocycles. The van der Waals surface area contributed by atoms with Gasteiger partial charge in [-0.05, 0) is 13.8 Å². The standard InChI is InChI=1S/C30H52O24/c1-7-13(37)17(41)20(44)27(47-7)51-23(9(35)3-31)24(10(36)4-32)52-30-26(54-28-21(45)18(42)14(38)8(2)48-28)25(16(40)12(6-34)50-30)53-29-22(46)19(43)15(39)11(5-33)49-29/h3,7-30,32-46H,4-6H2,1-2H3/t7-,8-,9-,10+,11+,12+,13+,14+,15-,16-,17+,18+,19-,20-,21-,22+,23+,24+,25-,26+,27-,28-,29+,30-/m0/s1. The summed E-state index contributed by atoms with van der Waals surface area (Å²) in [7, 11) is 0. The third kappa shape index (κ3) is 9.54. The number of carbonyl (C=O) groups excluding carboxylic acids is 1. The molecule has 0 aromatic heterocycles. The number of aldehydes is 1. The zero-order chi connectivity index (χ0) is 40.3. The summed E-state index contributed by atoms with van der Waals surface area (Å²) >= 11 is 0. The predicted molar refractivity (Wildman–Crippen MR) is 165 cm³/mol. The van der Waals surface area contributed by atoms with E-state index in [1.807, 2.05) is 0 Å². The van der Waals surface area contributed by atoms with Gasteiger partial charge in [-0.15, -0.1) is 0 Å². The van der Waals surface area contributed by atoms with Gasteiger partial charge in [0.25, 0.3) is 0 Å². The van der Waals surface area contributed by atoms with Gasteiger partial charge in [-0.2, -0.15) is 0 Å². The number of rotatable bonds is 15. The molecule has 0 saturated carbocycles. The first-order valence-corrected chi connectivity index (χ1v) is 17.1. The molecule has 4 fully saturated rings. The van der Waals surface area contributed by atoms with E-state index in [1.165, 1.54) is 13.8 Å².